The monoisotopic (exact) mass is 319 g/mol. The Hall–Kier alpha value is -1.88. The van der Waals surface area contributed by atoms with Crippen LogP contribution in [0.3, 0.4) is 0 Å². The summed E-state index contributed by atoms with van der Waals surface area (Å²) in [6, 6.07) is 9.98. The number of carbonyl (C=O) groups excluding carboxylic acids is 1. The van der Waals surface area contributed by atoms with E-state index in [4.69, 9.17) is 0 Å². The molecule has 0 bridgehead atoms. The van der Waals surface area contributed by atoms with E-state index in [0.29, 0.717) is 18.7 Å². The van der Waals surface area contributed by atoms with Crippen molar-refractivity contribution in [3.63, 3.8) is 0 Å². The Labute approximate surface area is 120 Å². The van der Waals surface area contributed by atoms with Gasteiger partial charge in [-0.1, -0.05) is 52.8 Å². The summed E-state index contributed by atoms with van der Waals surface area (Å²) in [6.07, 6.45) is 3.30. The average molecular weight is 320 g/mol. The van der Waals surface area contributed by atoms with E-state index in [9.17, 15) is 4.79 Å². The highest BCUT2D eigenvalue weighted by Gasteiger charge is 2.08. The van der Waals surface area contributed by atoms with E-state index in [2.05, 4.69) is 32.9 Å². The molecule has 0 aliphatic carbocycles. The third-order valence-corrected chi connectivity index (χ3v) is 2.80. The fraction of sp³-hybridized carbons (Fsp3) is 0.143. The number of carbonyl (C=O) groups is 1. The minimum absolute atomic E-state index is 0.153. The van der Waals surface area contributed by atoms with Gasteiger partial charge in [-0.3, -0.25) is 9.48 Å². The first-order valence-corrected chi connectivity index (χ1v) is 6.62. The summed E-state index contributed by atoms with van der Waals surface area (Å²) >= 11 is 3.19. The van der Waals surface area contributed by atoms with Gasteiger partial charge < -0.3 is 5.32 Å². The van der Waals surface area contributed by atoms with Gasteiger partial charge in [0.1, 0.15) is 0 Å². The number of hydrogen-bond acceptors (Lipinski definition) is 2. The van der Waals surface area contributed by atoms with E-state index in [0.717, 1.165) is 10.0 Å². The Morgan fingerprint density at radius 2 is 2.11 bits per heavy atom. The molecule has 5 heteroatoms. The number of aromatic nitrogens is 2. The molecule has 1 N–H and O–H groups in total. The van der Waals surface area contributed by atoms with Crippen LogP contribution in [0.4, 0.5) is 0 Å². The summed E-state index contributed by atoms with van der Waals surface area (Å²) in [5.41, 5.74) is 1.69. The first-order chi connectivity index (χ1) is 9.15. The third kappa shape index (κ3) is 4.06. The van der Waals surface area contributed by atoms with Crippen LogP contribution in [0.5, 0.6) is 0 Å². The summed E-state index contributed by atoms with van der Waals surface area (Å²) in [5.74, 6) is -0.153. The second-order valence-electron chi connectivity index (χ2n) is 4.11. The van der Waals surface area contributed by atoms with Gasteiger partial charge in [0.15, 0.2) is 0 Å². The van der Waals surface area contributed by atoms with Gasteiger partial charge in [-0.25, -0.2) is 0 Å². The highest BCUT2D eigenvalue weighted by molar-refractivity contribution is 9.11. The Bertz CT molecular complexity index is 577. The van der Waals surface area contributed by atoms with E-state index >= 15 is 0 Å². The molecule has 0 fully saturated rings. The molecule has 2 aromatic rings. The lowest BCUT2D eigenvalue weighted by atomic mass is 10.2. The summed E-state index contributed by atoms with van der Waals surface area (Å²) in [5, 5.41) is 6.92. The van der Waals surface area contributed by atoms with Crippen molar-refractivity contribution in [1.29, 1.82) is 0 Å². The lowest BCUT2D eigenvalue weighted by Gasteiger charge is -2.02. The summed E-state index contributed by atoms with van der Waals surface area (Å²) in [4.78, 5) is 11.8. The Morgan fingerprint density at radius 3 is 2.79 bits per heavy atom. The lowest BCUT2D eigenvalue weighted by molar-refractivity contribution is 0.0957. The van der Waals surface area contributed by atoms with Crippen molar-refractivity contribution in [2.24, 2.45) is 0 Å². The SMILES string of the molecule is C=C(Br)CNC(=O)c1cnn(Cc2ccccc2)c1. The van der Waals surface area contributed by atoms with E-state index in [1.807, 2.05) is 30.3 Å². The number of nitrogens with zero attached hydrogens (tertiary/aromatic N) is 2. The minimum atomic E-state index is -0.153. The maximum Gasteiger partial charge on any atom is 0.254 e. The van der Waals surface area contributed by atoms with Crippen molar-refractivity contribution in [2.75, 3.05) is 6.54 Å². The Morgan fingerprint density at radius 1 is 1.37 bits per heavy atom. The van der Waals surface area contributed by atoms with Gasteiger partial charge in [0.25, 0.3) is 5.91 Å². The Balaban J connectivity index is 1.99. The van der Waals surface area contributed by atoms with E-state index < -0.39 is 0 Å². The summed E-state index contributed by atoms with van der Waals surface area (Å²) in [6.45, 7) is 4.72. The minimum Gasteiger partial charge on any atom is -0.347 e. The van der Waals surface area contributed by atoms with Crippen LogP contribution in [-0.4, -0.2) is 22.2 Å². The van der Waals surface area contributed by atoms with Gasteiger partial charge in [-0.2, -0.15) is 5.10 Å². The molecular weight excluding hydrogens is 306 g/mol. The fourth-order valence-corrected chi connectivity index (χ4v) is 1.76. The third-order valence-electron chi connectivity index (χ3n) is 2.52. The number of halogens is 1. The molecule has 0 unspecified atom stereocenters. The molecule has 0 atom stereocenters. The summed E-state index contributed by atoms with van der Waals surface area (Å²) in [7, 11) is 0. The van der Waals surface area contributed by atoms with Gasteiger partial charge in [-0.15, -0.1) is 0 Å². The average Bonchev–Trinajstić information content (AvgIpc) is 2.85. The lowest BCUT2D eigenvalue weighted by Crippen LogP contribution is -2.23. The smallest absolute Gasteiger partial charge is 0.254 e. The topological polar surface area (TPSA) is 46.9 Å². The molecule has 0 radical (unpaired) electrons. The van der Waals surface area contributed by atoms with Crippen molar-refractivity contribution in [3.05, 3.63) is 64.9 Å². The van der Waals surface area contributed by atoms with Crippen LogP contribution in [-0.2, 0) is 6.54 Å². The van der Waals surface area contributed by atoms with Gasteiger partial charge >= 0.3 is 0 Å². The number of nitrogens with one attached hydrogen (secondary N) is 1. The first-order valence-electron chi connectivity index (χ1n) is 5.83. The second-order valence-corrected chi connectivity index (χ2v) is 5.23. The normalized spacial score (nSPS) is 10.2. The Kier molecular flexibility index (Phi) is 4.52. The molecule has 0 spiro atoms. The molecule has 0 aliphatic heterocycles. The molecule has 1 aromatic heterocycles. The van der Waals surface area contributed by atoms with Gasteiger partial charge in [-0.05, 0) is 5.56 Å². The van der Waals surface area contributed by atoms with Crippen molar-refractivity contribution >= 4 is 21.8 Å². The fourth-order valence-electron chi connectivity index (χ4n) is 1.62. The number of hydrogen-bond donors (Lipinski definition) is 1. The van der Waals surface area contributed by atoms with Crippen LogP contribution in [0.25, 0.3) is 0 Å². The molecule has 1 aromatic carbocycles. The molecule has 0 saturated heterocycles. The van der Waals surface area contributed by atoms with Crippen LogP contribution in [0.1, 0.15) is 15.9 Å². The predicted octanol–water partition coefficient (Wildman–Crippen LogP) is 2.57. The zero-order valence-corrected chi connectivity index (χ0v) is 11.9. The number of rotatable bonds is 5. The molecule has 1 heterocycles. The van der Waals surface area contributed by atoms with Gasteiger partial charge in [0.2, 0.25) is 0 Å². The molecule has 4 nitrogen and oxygen atoms in total. The molecule has 2 rings (SSSR count). The van der Waals surface area contributed by atoms with Crippen molar-refractivity contribution < 1.29 is 4.79 Å². The number of benzene rings is 1. The van der Waals surface area contributed by atoms with E-state index in [1.165, 1.54) is 0 Å². The molecule has 1 amide bonds. The van der Waals surface area contributed by atoms with E-state index in [1.54, 1.807) is 17.1 Å². The van der Waals surface area contributed by atoms with Crippen LogP contribution in [0, 0.1) is 0 Å². The zero-order valence-electron chi connectivity index (χ0n) is 10.3. The highest BCUT2D eigenvalue weighted by atomic mass is 79.9. The standard InChI is InChI=1S/C14H14BrN3O/c1-11(15)7-16-14(19)13-8-17-18(10-13)9-12-5-3-2-4-6-12/h2-6,8,10H,1,7,9H2,(H,16,19). The molecule has 98 valence electrons. The quantitative estimate of drug-likeness (QED) is 0.920. The molecule has 0 saturated carbocycles. The highest BCUT2D eigenvalue weighted by Crippen LogP contribution is 2.04. The van der Waals surface area contributed by atoms with Gasteiger partial charge in [0, 0.05) is 17.2 Å². The van der Waals surface area contributed by atoms with Gasteiger partial charge in [0.05, 0.1) is 18.3 Å². The zero-order chi connectivity index (χ0) is 13.7. The maximum atomic E-state index is 11.8. The molecule has 19 heavy (non-hydrogen) atoms. The van der Waals surface area contributed by atoms with Crippen LogP contribution < -0.4 is 5.32 Å². The molecular formula is C14H14BrN3O. The first kappa shape index (κ1) is 13.5. The van der Waals surface area contributed by atoms with E-state index in [-0.39, 0.29) is 5.91 Å². The van der Waals surface area contributed by atoms with Crippen molar-refractivity contribution in [3.8, 4) is 0 Å². The van der Waals surface area contributed by atoms with Crippen LogP contribution in [0.15, 0.2) is 53.8 Å². The molecule has 0 aliphatic rings. The van der Waals surface area contributed by atoms with Crippen molar-refractivity contribution in [2.45, 2.75) is 6.54 Å². The van der Waals surface area contributed by atoms with Crippen LogP contribution >= 0.6 is 15.9 Å². The maximum absolute atomic E-state index is 11.8. The van der Waals surface area contributed by atoms with Crippen LogP contribution in [0.2, 0.25) is 0 Å². The second kappa shape index (κ2) is 6.33. The largest absolute Gasteiger partial charge is 0.347 e. The predicted molar refractivity (Wildman–Crippen MR) is 78.2 cm³/mol. The summed E-state index contributed by atoms with van der Waals surface area (Å²) < 4.78 is 2.48. The number of amides is 1. The van der Waals surface area contributed by atoms with Crippen molar-refractivity contribution in [1.82, 2.24) is 15.1 Å².